The van der Waals surface area contributed by atoms with Crippen molar-refractivity contribution >= 4 is 11.9 Å². The molecule has 0 aliphatic carbocycles. The summed E-state index contributed by atoms with van der Waals surface area (Å²) in [5.74, 6) is -0.00713. The molecule has 3 aromatic rings. The van der Waals surface area contributed by atoms with E-state index in [0.717, 1.165) is 0 Å². The van der Waals surface area contributed by atoms with E-state index in [4.69, 9.17) is 18.9 Å². The van der Waals surface area contributed by atoms with Crippen molar-refractivity contribution < 1.29 is 28.5 Å². The SMILES string of the molecule is CC(C)Oc1ccccc1C(=O)Oc1ccccc1C(=O)OCCOc1ccccc1. The zero-order valence-corrected chi connectivity index (χ0v) is 17.4. The number of carbonyl (C=O) groups excluding carboxylic acids is 2. The van der Waals surface area contributed by atoms with E-state index in [9.17, 15) is 9.59 Å². The number of benzene rings is 3. The van der Waals surface area contributed by atoms with Crippen molar-refractivity contribution in [3.8, 4) is 17.2 Å². The van der Waals surface area contributed by atoms with Crippen LogP contribution in [0.3, 0.4) is 0 Å². The molecule has 3 aromatic carbocycles. The maximum absolute atomic E-state index is 12.7. The lowest BCUT2D eigenvalue weighted by atomic mass is 10.2. The van der Waals surface area contributed by atoms with E-state index < -0.39 is 11.9 Å². The number of rotatable bonds is 9. The van der Waals surface area contributed by atoms with Gasteiger partial charge in [-0.1, -0.05) is 42.5 Å². The molecule has 6 nitrogen and oxygen atoms in total. The molecular weight excluding hydrogens is 396 g/mol. The fourth-order valence-corrected chi connectivity index (χ4v) is 2.76. The van der Waals surface area contributed by atoms with Gasteiger partial charge in [0.25, 0.3) is 0 Å². The first kappa shape index (κ1) is 21.9. The van der Waals surface area contributed by atoms with Gasteiger partial charge in [-0.15, -0.1) is 0 Å². The minimum Gasteiger partial charge on any atom is -0.490 e. The maximum atomic E-state index is 12.7. The third kappa shape index (κ3) is 6.34. The summed E-state index contributed by atoms with van der Waals surface area (Å²) in [6.07, 6.45) is -0.102. The van der Waals surface area contributed by atoms with E-state index in [1.807, 2.05) is 44.2 Å². The van der Waals surface area contributed by atoms with Crippen molar-refractivity contribution in [1.82, 2.24) is 0 Å². The molecule has 0 N–H and O–H groups in total. The second kappa shape index (κ2) is 10.8. The predicted octanol–water partition coefficient (Wildman–Crippen LogP) is 4.93. The van der Waals surface area contributed by atoms with Crippen LogP contribution in [0.2, 0.25) is 0 Å². The minimum atomic E-state index is -0.621. The van der Waals surface area contributed by atoms with Gasteiger partial charge in [-0.25, -0.2) is 9.59 Å². The Morgan fingerprint density at radius 2 is 1.29 bits per heavy atom. The van der Waals surface area contributed by atoms with E-state index in [1.165, 1.54) is 0 Å². The van der Waals surface area contributed by atoms with E-state index in [0.29, 0.717) is 11.5 Å². The van der Waals surface area contributed by atoms with Crippen LogP contribution in [0, 0.1) is 0 Å². The molecule has 0 amide bonds. The third-order valence-corrected chi connectivity index (χ3v) is 4.11. The van der Waals surface area contributed by atoms with Crippen LogP contribution in [0.4, 0.5) is 0 Å². The van der Waals surface area contributed by atoms with E-state index in [2.05, 4.69) is 0 Å². The molecule has 0 saturated heterocycles. The summed E-state index contributed by atoms with van der Waals surface area (Å²) < 4.78 is 22.0. The lowest BCUT2D eigenvalue weighted by Crippen LogP contribution is -2.17. The maximum Gasteiger partial charge on any atom is 0.347 e. The lowest BCUT2D eigenvalue weighted by molar-refractivity contribution is 0.0445. The van der Waals surface area contributed by atoms with Crippen LogP contribution >= 0.6 is 0 Å². The highest BCUT2D eigenvalue weighted by atomic mass is 16.6. The zero-order chi connectivity index (χ0) is 22.1. The predicted molar refractivity (Wildman–Crippen MR) is 116 cm³/mol. The number of para-hydroxylation sites is 3. The van der Waals surface area contributed by atoms with Gasteiger partial charge in [-0.05, 0) is 50.2 Å². The summed E-state index contributed by atoms with van der Waals surface area (Å²) in [6, 6.07) is 22.5. The molecule has 0 spiro atoms. The third-order valence-electron chi connectivity index (χ3n) is 4.11. The molecule has 0 heterocycles. The molecule has 0 fully saturated rings. The van der Waals surface area contributed by atoms with Gasteiger partial charge in [-0.3, -0.25) is 0 Å². The normalized spacial score (nSPS) is 10.4. The van der Waals surface area contributed by atoms with Crippen molar-refractivity contribution in [1.29, 1.82) is 0 Å². The quantitative estimate of drug-likeness (QED) is 0.278. The van der Waals surface area contributed by atoms with Crippen LogP contribution < -0.4 is 14.2 Å². The average molecular weight is 420 g/mol. The molecule has 0 aliphatic heterocycles. The Morgan fingerprint density at radius 1 is 0.710 bits per heavy atom. The van der Waals surface area contributed by atoms with Crippen molar-refractivity contribution in [3.05, 3.63) is 90.0 Å². The first-order valence-electron chi connectivity index (χ1n) is 9.96. The van der Waals surface area contributed by atoms with Gasteiger partial charge in [0.2, 0.25) is 0 Å². The topological polar surface area (TPSA) is 71.1 Å². The highest BCUT2D eigenvalue weighted by Crippen LogP contribution is 2.24. The van der Waals surface area contributed by atoms with Crippen LogP contribution in [0.25, 0.3) is 0 Å². The molecule has 160 valence electrons. The fourth-order valence-electron chi connectivity index (χ4n) is 2.76. The minimum absolute atomic E-state index is 0.0566. The fraction of sp³-hybridized carbons (Fsp3) is 0.200. The number of ether oxygens (including phenoxy) is 4. The largest absolute Gasteiger partial charge is 0.490 e. The van der Waals surface area contributed by atoms with Crippen LogP contribution in [0.5, 0.6) is 17.2 Å². The molecule has 0 atom stereocenters. The zero-order valence-electron chi connectivity index (χ0n) is 17.4. The average Bonchev–Trinajstić information content (AvgIpc) is 2.77. The van der Waals surface area contributed by atoms with Crippen molar-refractivity contribution in [2.24, 2.45) is 0 Å². The highest BCUT2D eigenvalue weighted by Gasteiger charge is 2.20. The summed E-state index contributed by atoms with van der Waals surface area (Å²) in [4.78, 5) is 25.2. The Bertz CT molecular complexity index is 1010. The Hall–Kier alpha value is -3.80. The molecule has 0 aliphatic rings. The van der Waals surface area contributed by atoms with Crippen molar-refractivity contribution in [2.45, 2.75) is 20.0 Å². The number of esters is 2. The van der Waals surface area contributed by atoms with Crippen molar-refractivity contribution in [2.75, 3.05) is 13.2 Å². The van der Waals surface area contributed by atoms with Gasteiger partial charge in [0.1, 0.15) is 41.6 Å². The Morgan fingerprint density at radius 3 is 1.97 bits per heavy atom. The first-order valence-corrected chi connectivity index (χ1v) is 9.96. The van der Waals surface area contributed by atoms with Gasteiger partial charge < -0.3 is 18.9 Å². The summed E-state index contributed by atoms with van der Waals surface area (Å²) in [5.41, 5.74) is 0.424. The molecule has 31 heavy (non-hydrogen) atoms. The second-order valence-corrected chi connectivity index (χ2v) is 6.85. The van der Waals surface area contributed by atoms with E-state index >= 15 is 0 Å². The molecule has 0 radical (unpaired) electrons. The summed E-state index contributed by atoms with van der Waals surface area (Å²) >= 11 is 0. The summed E-state index contributed by atoms with van der Waals surface area (Å²) in [6.45, 7) is 4.00. The molecule has 0 aromatic heterocycles. The summed E-state index contributed by atoms with van der Waals surface area (Å²) in [5, 5.41) is 0. The van der Waals surface area contributed by atoms with Crippen LogP contribution in [0.15, 0.2) is 78.9 Å². The van der Waals surface area contributed by atoms with Crippen LogP contribution in [-0.4, -0.2) is 31.3 Å². The van der Waals surface area contributed by atoms with E-state index in [1.54, 1.807) is 48.5 Å². The number of hydrogen-bond donors (Lipinski definition) is 0. The Balaban J connectivity index is 1.63. The first-order chi connectivity index (χ1) is 15.0. The van der Waals surface area contributed by atoms with Gasteiger partial charge >= 0.3 is 11.9 Å². The summed E-state index contributed by atoms with van der Waals surface area (Å²) in [7, 11) is 0. The molecule has 0 unspecified atom stereocenters. The van der Waals surface area contributed by atoms with E-state index in [-0.39, 0.29) is 36.2 Å². The smallest absolute Gasteiger partial charge is 0.347 e. The van der Waals surface area contributed by atoms with Crippen LogP contribution in [0.1, 0.15) is 34.6 Å². The van der Waals surface area contributed by atoms with Crippen molar-refractivity contribution in [3.63, 3.8) is 0 Å². The molecule has 6 heteroatoms. The molecular formula is C25H24O6. The Labute approximate surface area is 181 Å². The molecule has 3 rings (SSSR count). The Kier molecular flexibility index (Phi) is 7.65. The second-order valence-electron chi connectivity index (χ2n) is 6.85. The van der Waals surface area contributed by atoms with Crippen LogP contribution in [-0.2, 0) is 4.74 Å². The monoisotopic (exact) mass is 420 g/mol. The number of hydrogen-bond acceptors (Lipinski definition) is 6. The van der Waals surface area contributed by atoms with Gasteiger partial charge in [0.05, 0.1) is 6.10 Å². The lowest BCUT2D eigenvalue weighted by Gasteiger charge is -2.14. The standard InChI is InChI=1S/C25H24O6/c1-18(2)30-22-14-8-7-13-21(22)25(27)31-23-15-9-6-12-20(23)24(26)29-17-16-28-19-10-4-3-5-11-19/h3-15,18H,16-17H2,1-2H3. The molecule has 0 saturated carbocycles. The number of carbonyl (C=O) groups is 2. The van der Waals surface area contributed by atoms with Gasteiger partial charge in [-0.2, -0.15) is 0 Å². The molecule has 0 bridgehead atoms. The highest BCUT2D eigenvalue weighted by molar-refractivity contribution is 5.97. The van der Waals surface area contributed by atoms with Gasteiger partial charge in [0, 0.05) is 0 Å². The van der Waals surface area contributed by atoms with Gasteiger partial charge in [0.15, 0.2) is 0 Å².